The van der Waals surface area contributed by atoms with Gasteiger partial charge in [0.15, 0.2) is 0 Å². The molecule has 0 aliphatic carbocycles. The van der Waals surface area contributed by atoms with Crippen molar-refractivity contribution in [3.8, 4) is 11.8 Å². The normalized spacial score (nSPS) is 18.1. The van der Waals surface area contributed by atoms with Crippen molar-refractivity contribution in [3.05, 3.63) is 0 Å². The summed E-state index contributed by atoms with van der Waals surface area (Å²) in [7, 11) is 0. The van der Waals surface area contributed by atoms with Gasteiger partial charge in [0.05, 0.1) is 11.2 Å². The third-order valence-corrected chi connectivity index (χ3v) is 9.13. The first-order chi connectivity index (χ1) is 18.6. The molecular formula is C38H74O2. The summed E-state index contributed by atoms with van der Waals surface area (Å²) in [4.78, 5) is 0. The topological polar surface area (TPSA) is 40.5 Å². The average molecular weight is 563 g/mol. The van der Waals surface area contributed by atoms with Crippen molar-refractivity contribution in [2.75, 3.05) is 0 Å². The van der Waals surface area contributed by atoms with Gasteiger partial charge in [-0.2, -0.15) is 0 Å². The van der Waals surface area contributed by atoms with Crippen LogP contribution in [0.4, 0.5) is 0 Å². The third kappa shape index (κ3) is 25.2. The molecule has 0 spiro atoms. The van der Waals surface area contributed by atoms with E-state index in [1.807, 2.05) is 13.8 Å². The van der Waals surface area contributed by atoms with Crippen LogP contribution in [0.5, 0.6) is 0 Å². The molecule has 0 aromatic heterocycles. The van der Waals surface area contributed by atoms with Crippen LogP contribution in [0.1, 0.15) is 185 Å². The van der Waals surface area contributed by atoms with E-state index in [9.17, 15) is 10.2 Å². The Morgan fingerprint density at radius 2 is 0.825 bits per heavy atom. The van der Waals surface area contributed by atoms with Crippen molar-refractivity contribution in [2.24, 2.45) is 35.5 Å². The van der Waals surface area contributed by atoms with Crippen LogP contribution in [0.15, 0.2) is 0 Å². The lowest BCUT2D eigenvalue weighted by molar-refractivity contribution is -0.0137. The highest BCUT2D eigenvalue weighted by Crippen LogP contribution is 2.30. The molecule has 6 atom stereocenters. The summed E-state index contributed by atoms with van der Waals surface area (Å²) in [6.07, 6.45) is 20.6. The van der Waals surface area contributed by atoms with Gasteiger partial charge in [-0.3, -0.25) is 0 Å². The molecule has 0 rings (SSSR count). The highest BCUT2D eigenvalue weighted by molar-refractivity contribution is 5.01. The van der Waals surface area contributed by atoms with E-state index < -0.39 is 11.2 Å². The highest BCUT2D eigenvalue weighted by atomic mass is 16.3. The van der Waals surface area contributed by atoms with Gasteiger partial charge in [-0.25, -0.2) is 0 Å². The van der Waals surface area contributed by atoms with E-state index in [2.05, 4.69) is 67.2 Å². The number of rotatable bonds is 24. The van der Waals surface area contributed by atoms with Gasteiger partial charge in [-0.1, -0.05) is 132 Å². The average Bonchev–Trinajstić information content (AvgIpc) is 2.82. The fourth-order valence-electron chi connectivity index (χ4n) is 5.93. The van der Waals surface area contributed by atoms with Crippen LogP contribution in [-0.4, -0.2) is 21.4 Å². The lowest BCUT2D eigenvalue weighted by Crippen LogP contribution is -2.31. The molecule has 0 radical (unpaired) electrons. The minimum Gasteiger partial charge on any atom is -0.390 e. The highest BCUT2D eigenvalue weighted by Gasteiger charge is 2.27. The Hall–Kier alpha value is -0.520. The Morgan fingerprint density at radius 1 is 0.475 bits per heavy atom. The molecule has 238 valence electrons. The molecule has 0 aromatic rings. The number of aliphatic hydroxyl groups is 2. The SMILES string of the molecule is CC(C)C#CCC(C)CCCC(C)CCCC(C)(O)CCC(C)(O)CCCC(C)CCCC(C)CCCC(C)C. The Labute approximate surface area is 253 Å². The molecule has 0 fully saturated rings. The molecule has 2 N–H and O–H groups in total. The van der Waals surface area contributed by atoms with Gasteiger partial charge in [0.1, 0.15) is 0 Å². The molecule has 0 heterocycles. The minimum atomic E-state index is -0.674. The van der Waals surface area contributed by atoms with Crippen molar-refractivity contribution >= 4 is 0 Å². The van der Waals surface area contributed by atoms with Gasteiger partial charge < -0.3 is 10.2 Å². The maximum atomic E-state index is 11.0. The fourth-order valence-corrected chi connectivity index (χ4v) is 5.93. The van der Waals surface area contributed by atoms with E-state index in [0.717, 1.165) is 49.9 Å². The summed E-state index contributed by atoms with van der Waals surface area (Å²) in [5, 5.41) is 22.0. The molecule has 0 aromatic carbocycles. The van der Waals surface area contributed by atoms with Gasteiger partial charge in [-0.05, 0) is 75.5 Å². The Bertz CT molecular complexity index is 650. The monoisotopic (exact) mass is 563 g/mol. The molecule has 0 amide bonds. The van der Waals surface area contributed by atoms with E-state index in [4.69, 9.17) is 0 Å². The standard InChI is InChI=1S/C38H74O2/c1-31(2)17-11-19-33(5)21-13-23-35(7)25-15-27-37(9,39)29-30-38(10,40)28-16-26-36(8)24-14-22-34(6)20-12-18-32(3)4/h31-36,39-40H,11,13-17,19-30H2,1-10H3. The predicted octanol–water partition coefficient (Wildman–Crippen LogP) is 11.4. The predicted molar refractivity (Wildman–Crippen MR) is 178 cm³/mol. The van der Waals surface area contributed by atoms with Gasteiger partial charge >= 0.3 is 0 Å². The lowest BCUT2D eigenvalue weighted by atomic mass is 9.84. The second-order valence-electron chi connectivity index (χ2n) is 15.6. The summed E-state index contributed by atoms with van der Waals surface area (Å²) < 4.78 is 0. The molecule has 0 saturated heterocycles. The second kappa shape index (κ2) is 22.1. The summed E-state index contributed by atoms with van der Waals surface area (Å²) in [6.45, 7) is 22.4. The molecular weight excluding hydrogens is 488 g/mol. The maximum Gasteiger partial charge on any atom is 0.0620 e. The first-order valence-electron chi connectivity index (χ1n) is 17.5. The molecule has 2 nitrogen and oxygen atoms in total. The van der Waals surface area contributed by atoms with Crippen LogP contribution < -0.4 is 0 Å². The lowest BCUT2D eigenvalue weighted by Gasteiger charge is -2.30. The quantitative estimate of drug-likeness (QED) is 0.115. The molecule has 0 bridgehead atoms. The van der Waals surface area contributed by atoms with E-state index in [1.165, 1.54) is 70.6 Å². The zero-order valence-corrected chi connectivity index (χ0v) is 29.1. The van der Waals surface area contributed by atoms with Gasteiger partial charge in [0.2, 0.25) is 0 Å². The summed E-state index contributed by atoms with van der Waals surface area (Å²) >= 11 is 0. The largest absolute Gasteiger partial charge is 0.390 e. The van der Waals surface area contributed by atoms with Crippen molar-refractivity contribution in [2.45, 2.75) is 196 Å². The zero-order valence-electron chi connectivity index (χ0n) is 29.1. The summed E-state index contributed by atoms with van der Waals surface area (Å²) in [5.41, 5.74) is -1.34. The minimum absolute atomic E-state index is 0.474. The van der Waals surface area contributed by atoms with E-state index in [1.54, 1.807) is 0 Å². The molecule has 6 unspecified atom stereocenters. The molecule has 0 aliphatic rings. The van der Waals surface area contributed by atoms with E-state index >= 15 is 0 Å². The van der Waals surface area contributed by atoms with Crippen LogP contribution >= 0.6 is 0 Å². The van der Waals surface area contributed by atoms with E-state index in [0.29, 0.717) is 30.6 Å². The number of hydrogen-bond acceptors (Lipinski definition) is 2. The van der Waals surface area contributed by atoms with Crippen LogP contribution in [0, 0.1) is 47.3 Å². The van der Waals surface area contributed by atoms with Gasteiger partial charge in [0.25, 0.3) is 0 Å². The van der Waals surface area contributed by atoms with Crippen molar-refractivity contribution in [3.63, 3.8) is 0 Å². The van der Waals surface area contributed by atoms with Crippen LogP contribution in [0.3, 0.4) is 0 Å². The smallest absolute Gasteiger partial charge is 0.0620 e. The Balaban J connectivity index is 4.02. The zero-order chi connectivity index (χ0) is 30.6. The Kier molecular flexibility index (Phi) is 21.8. The van der Waals surface area contributed by atoms with Crippen LogP contribution in [0.2, 0.25) is 0 Å². The van der Waals surface area contributed by atoms with Crippen molar-refractivity contribution in [1.29, 1.82) is 0 Å². The molecule has 40 heavy (non-hydrogen) atoms. The van der Waals surface area contributed by atoms with Gasteiger partial charge in [-0.15, -0.1) is 11.8 Å². The number of hydrogen-bond donors (Lipinski definition) is 2. The van der Waals surface area contributed by atoms with Crippen molar-refractivity contribution < 1.29 is 10.2 Å². The summed E-state index contributed by atoms with van der Waals surface area (Å²) in [5.74, 6) is 10.9. The van der Waals surface area contributed by atoms with Gasteiger partial charge in [0, 0.05) is 12.3 Å². The molecule has 0 aliphatic heterocycles. The van der Waals surface area contributed by atoms with Crippen molar-refractivity contribution in [1.82, 2.24) is 0 Å². The van der Waals surface area contributed by atoms with E-state index in [-0.39, 0.29) is 0 Å². The van der Waals surface area contributed by atoms with Crippen LogP contribution in [0.25, 0.3) is 0 Å². The first kappa shape index (κ1) is 39.5. The Morgan fingerprint density at radius 3 is 1.20 bits per heavy atom. The first-order valence-corrected chi connectivity index (χ1v) is 17.5. The van der Waals surface area contributed by atoms with Crippen LogP contribution in [-0.2, 0) is 0 Å². The molecule has 2 heteroatoms. The fraction of sp³-hybridized carbons (Fsp3) is 0.947. The second-order valence-corrected chi connectivity index (χ2v) is 15.6. The third-order valence-electron chi connectivity index (χ3n) is 9.13. The molecule has 0 saturated carbocycles. The maximum absolute atomic E-state index is 11.0. The summed E-state index contributed by atoms with van der Waals surface area (Å²) in [6, 6.07) is 0.